The molecule has 0 spiro atoms. The van der Waals surface area contributed by atoms with Crippen molar-refractivity contribution in [3.63, 3.8) is 0 Å². The monoisotopic (exact) mass is 341 g/mol. The van der Waals surface area contributed by atoms with E-state index in [1.165, 1.54) is 17.1 Å². The van der Waals surface area contributed by atoms with Crippen LogP contribution in [0.15, 0.2) is 22.7 Å². The highest BCUT2D eigenvalue weighted by Crippen LogP contribution is 2.29. The molecule has 4 nitrogen and oxygen atoms in total. The number of hydrogen-bond donors (Lipinski definition) is 1. The van der Waals surface area contributed by atoms with Gasteiger partial charge in [0, 0.05) is 18.0 Å². The van der Waals surface area contributed by atoms with E-state index in [9.17, 15) is 0 Å². The van der Waals surface area contributed by atoms with Crippen molar-refractivity contribution in [2.24, 2.45) is 0 Å². The van der Waals surface area contributed by atoms with E-state index in [2.05, 4.69) is 50.5 Å². The average Bonchev–Trinajstić information content (AvgIpc) is 2.86. The maximum Gasteiger partial charge on any atom is 0.203 e. The smallest absolute Gasteiger partial charge is 0.203 e. The van der Waals surface area contributed by atoms with Crippen molar-refractivity contribution in [2.75, 3.05) is 12.4 Å². The second kappa shape index (κ2) is 6.34. The Morgan fingerprint density at radius 3 is 2.84 bits per heavy atom. The summed E-state index contributed by atoms with van der Waals surface area (Å²) in [4.78, 5) is 4.41. The molecule has 0 aliphatic heterocycles. The summed E-state index contributed by atoms with van der Waals surface area (Å²) < 4.78 is 10.4. The Bertz CT molecular complexity index is 559. The van der Waals surface area contributed by atoms with Crippen molar-refractivity contribution >= 4 is 32.6 Å². The Labute approximate surface area is 125 Å². The first-order valence-corrected chi connectivity index (χ1v) is 7.63. The fourth-order valence-electron chi connectivity index (χ4n) is 1.68. The third-order valence-electron chi connectivity index (χ3n) is 2.80. The maximum atomic E-state index is 5.23. The molecule has 6 heteroatoms. The summed E-state index contributed by atoms with van der Waals surface area (Å²) in [5, 5.41) is 4.22. The van der Waals surface area contributed by atoms with Crippen LogP contribution in [0.1, 0.15) is 31.3 Å². The number of methoxy groups -OCH3 is 1. The van der Waals surface area contributed by atoms with E-state index in [0.717, 1.165) is 27.6 Å². The Morgan fingerprint density at radius 1 is 1.47 bits per heavy atom. The lowest BCUT2D eigenvalue weighted by Gasteiger charge is -2.14. The number of nitrogens with one attached hydrogen (secondary N) is 1. The largest absolute Gasteiger partial charge is 0.496 e. The van der Waals surface area contributed by atoms with Crippen LogP contribution in [0.2, 0.25) is 0 Å². The van der Waals surface area contributed by atoms with E-state index in [1.54, 1.807) is 7.11 Å². The highest BCUT2D eigenvalue weighted by atomic mass is 79.9. The summed E-state index contributed by atoms with van der Waals surface area (Å²) in [5.74, 6) is 1.72. The summed E-state index contributed by atoms with van der Waals surface area (Å²) >= 11 is 4.90. The molecule has 1 aromatic carbocycles. The van der Waals surface area contributed by atoms with Gasteiger partial charge in [0.15, 0.2) is 0 Å². The van der Waals surface area contributed by atoms with Gasteiger partial charge < -0.3 is 10.1 Å². The molecule has 1 heterocycles. The molecule has 1 unspecified atom stereocenters. The van der Waals surface area contributed by atoms with Crippen molar-refractivity contribution in [3.05, 3.63) is 34.1 Å². The molecule has 0 amide bonds. The lowest BCUT2D eigenvalue weighted by atomic mass is 10.1. The predicted octanol–water partition coefficient (Wildman–Crippen LogP) is 4.04. The van der Waals surface area contributed by atoms with Gasteiger partial charge in [-0.1, -0.05) is 13.0 Å². The lowest BCUT2D eigenvalue weighted by Crippen LogP contribution is -2.06. The summed E-state index contributed by atoms with van der Waals surface area (Å²) in [6.45, 7) is 4.15. The van der Waals surface area contributed by atoms with Gasteiger partial charge in [0.05, 0.1) is 17.6 Å². The van der Waals surface area contributed by atoms with E-state index in [4.69, 9.17) is 4.74 Å². The van der Waals surface area contributed by atoms with Crippen molar-refractivity contribution in [2.45, 2.75) is 26.3 Å². The van der Waals surface area contributed by atoms with Gasteiger partial charge in [0.1, 0.15) is 11.6 Å². The van der Waals surface area contributed by atoms with Crippen LogP contribution in [0.3, 0.4) is 0 Å². The summed E-state index contributed by atoms with van der Waals surface area (Å²) in [6.07, 6.45) is 0.862. The van der Waals surface area contributed by atoms with Crippen LogP contribution in [-0.4, -0.2) is 16.5 Å². The number of aromatic nitrogens is 2. The molecule has 0 saturated carbocycles. The molecule has 0 aliphatic rings. The third-order valence-corrected chi connectivity index (χ3v) is 4.10. The van der Waals surface area contributed by atoms with E-state index in [-0.39, 0.29) is 6.04 Å². The molecule has 2 rings (SSSR count). The van der Waals surface area contributed by atoms with E-state index >= 15 is 0 Å². The van der Waals surface area contributed by atoms with Gasteiger partial charge in [-0.2, -0.15) is 4.37 Å². The fourth-order valence-corrected chi connectivity index (χ4v) is 2.97. The SMILES string of the molecule is CCc1nsc(NC(C)c2ccc(OC)c(Br)c2)n1. The first-order valence-electron chi connectivity index (χ1n) is 6.06. The van der Waals surface area contributed by atoms with Gasteiger partial charge in [-0.15, -0.1) is 0 Å². The van der Waals surface area contributed by atoms with Gasteiger partial charge >= 0.3 is 0 Å². The summed E-state index contributed by atoms with van der Waals surface area (Å²) in [7, 11) is 1.66. The van der Waals surface area contributed by atoms with Crippen LogP contribution in [-0.2, 0) is 6.42 Å². The minimum atomic E-state index is 0.167. The number of nitrogens with zero attached hydrogens (tertiary/aromatic N) is 2. The second-order valence-corrected chi connectivity index (χ2v) is 5.74. The number of halogens is 1. The molecule has 0 radical (unpaired) electrons. The Morgan fingerprint density at radius 2 is 2.26 bits per heavy atom. The van der Waals surface area contributed by atoms with Gasteiger partial charge in [-0.3, -0.25) is 0 Å². The number of benzene rings is 1. The number of rotatable bonds is 5. The minimum Gasteiger partial charge on any atom is -0.496 e. The van der Waals surface area contributed by atoms with E-state index < -0.39 is 0 Å². The molecule has 1 atom stereocenters. The lowest BCUT2D eigenvalue weighted by molar-refractivity contribution is 0.412. The minimum absolute atomic E-state index is 0.167. The molecule has 0 fully saturated rings. The van der Waals surface area contributed by atoms with Crippen molar-refractivity contribution in [3.8, 4) is 5.75 Å². The first-order chi connectivity index (χ1) is 9.13. The molecule has 0 bridgehead atoms. The molecule has 1 aromatic heterocycles. The third kappa shape index (κ3) is 3.45. The molecular weight excluding hydrogens is 326 g/mol. The quantitative estimate of drug-likeness (QED) is 0.891. The molecule has 2 aromatic rings. The zero-order valence-corrected chi connectivity index (χ0v) is 13.5. The molecular formula is C13H16BrN3OS. The second-order valence-electron chi connectivity index (χ2n) is 4.13. The summed E-state index contributed by atoms with van der Waals surface area (Å²) in [5.41, 5.74) is 1.17. The van der Waals surface area contributed by atoms with Crippen LogP contribution in [0, 0.1) is 0 Å². The van der Waals surface area contributed by atoms with Gasteiger partial charge in [0.2, 0.25) is 5.13 Å². The zero-order valence-electron chi connectivity index (χ0n) is 11.1. The fraction of sp³-hybridized carbons (Fsp3) is 0.385. The van der Waals surface area contributed by atoms with E-state index in [1.807, 2.05) is 12.1 Å². The highest BCUT2D eigenvalue weighted by Gasteiger charge is 2.10. The van der Waals surface area contributed by atoms with Crippen LogP contribution >= 0.6 is 27.5 Å². The van der Waals surface area contributed by atoms with Crippen molar-refractivity contribution in [1.29, 1.82) is 0 Å². The Kier molecular flexibility index (Phi) is 4.76. The van der Waals surface area contributed by atoms with Crippen molar-refractivity contribution < 1.29 is 4.74 Å². The molecule has 0 saturated heterocycles. The van der Waals surface area contributed by atoms with Gasteiger partial charge in [0.25, 0.3) is 0 Å². The van der Waals surface area contributed by atoms with Gasteiger partial charge in [-0.05, 0) is 40.5 Å². The average molecular weight is 342 g/mol. The number of aryl methyl sites for hydroxylation is 1. The standard InChI is InChI=1S/C13H16BrN3OS/c1-4-12-16-13(19-17-12)15-8(2)9-5-6-11(18-3)10(14)7-9/h5-8H,4H2,1-3H3,(H,15,16,17). The van der Waals surface area contributed by atoms with Gasteiger partial charge in [-0.25, -0.2) is 4.98 Å². The number of hydrogen-bond acceptors (Lipinski definition) is 5. The molecule has 102 valence electrons. The zero-order chi connectivity index (χ0) is 13.8. The van der Waals surface area contributed by atoms with Crippen LogP contribution < -0.4 is 10.1 Å². The topological polar surface area (TPSA) is 47.0 Å². The maximum absolute atomic E-state index is 5.23. The molecule has 1 N–H and O–H groups in total. The Balaban J connectivity index is 2.10. The number of anilines is 1. The van der Waals surface area contributed by atoms with Crippen LogP contribution in [0.4, 0.5) is 5.13 Å². The molecule has 19 heavy (non-hydrogen) atoms. The van der Waals surface area contributed by atoms with Crippen molar-refractivity contribution in [1.82, 2.24) is 9.36 Å². The van der Waals surface area contributed by atoms with Crippen LogP contribution in [0.25, 0.3) is 0 Å². The first kappa shape index (κ1) is 14.3. The molecule has 0 aliphatic carbocycles. The Hall–Kier alpha value is -1.14. The van der Waals surface area contributed by atoms with Crippen LogP contribution in [0.5, 0.6) is 5.75 Å². The normalized spacial score (nSPS) is 12.2. The summed E-state index contributed by atoms with van der Waals surface area (Å²) in [6, 6.07) is 6.22. The highest BCUT2D eigenvalue weighted by molar-refractivity contribution is 9.10. The van der Waals surface area contributed by atoms with E-state index in [0.29, 0.717) is 0 Å². The number of ether oxygens (including phenoxy) is 1. The predicted molar refractivity (Wildman–Crippen MR) is 82.0 cm³/mol.